The second kappa shape index (κ2) is 4.53. The van der Waals surface area contributed by atoms with Gasteiger partial charge in [0.05, 0.1) is 4.92 Å². The Balaban J connectivity index is 2.63. The summed E-state index contributed by atoms with van der Waals surface area (Å²) in [7, 11) is 0. The number of non-ortho nitro benzene ring substituents is 1. The van der Waals surface area contributed by atoms with Gasteiger partial charge in [0.25, 0.3) is 11.6 Å². The van der Waals surface area contributed by atoms with Crippen LogP contribution in [0.2, 0.25) is 0 Å². The molecule has 0 spiro atoms. The van der Waals surface area contributed by atoms with E-state index >= 15 is 0 Å². The lowest BCUT2D eigenvalue weighted by Gasteiger charge is -2.01. The molecule has 0 aliphatic rings. The number of carbonyl (C=O) groups is 1. The summed E-state index contributed by atoms with van der Waals surface area (Å²) < 4.78 is 0.546. The SMILES string of the molecule is NC(=O)c1n[nH]nc1-c1cc([N+](=O)[O-])ccc1Br. The van der Waals surface area contributed by atoms with E-state index < -0.39 is 10.8 Å². The highest BCUT2D eigenvalue weighted by Gasteiger charge is 2.19. The molecule has 0 bridgehead atoms. The van der Waals surface area contributed by atoms with Gasteiger partial charge in [-0.15, -0.1) is 0 Å². The lowest BCUT2D eigenvalue weighted by Crippen LogP contribution is -2.12. The Morgan fingerprint density at radius 2 is 2.17 bits per heavy atom. The molecule has 1 aromatic heterocycles. The number of nitrogens with two attached hydrogens (primary N) is 1. The molecule has 0 saturated heterocycles. The number of aromatic amines is 1. The molecule has 0 radical (unpaired) electrons. The molecule has 3 N–H and O–H groups in total. The standard InChI is InChI=1S/C9H6BrN5O3/c10-6-2-1-4(15(17)18)3-5(6)7-8(9(11)16)13-14-12-7/h1-3H,(H2,11,16)(H,12,13,14). The van der Waals surface area contributed by atoms with Gasteiger partial charge in [0.1, 0.15) is 5.69 Å². The van der Waals surface area contributed by atoms with Gasteiger partial charge in [-0.2, -0.15) is 15.4 Å². The molecule has 0 fully saturated rings. The van der Waals surface area contributed by atoms with Crippen LogP contribution in [0.1, 0.15) is 10.5 Å². The highest BCUT2D eigenvalue weighted by Crippen LogP contribution is 2.31. The highest BCUT2D eigenvalue weighted by atomic mass is 79.9. The molecule has 1 amide bonds. The fraction of sp³-hybridized carbons (Fsp3) is 0. The Morgan fingerprint density at radius 1 is 1.44 bits per heavy atom. The average Bonchev–Trinajstić information content (AvgIpc) is 2.78. The normalized spacial score (nSPS) is 10.3. The summed E-state index contributed by atoms with van der Waals surface area (Å²) in [5, 5.41) is 20.4. The number of nitro benzene ring substituents is 1. The van der Waals surface area contributed by atoms with E-state index in [-0.39, 0.29) is 17.1 Å². The molecule has 1 aromatic carbocycles. The molecule has 1 heterocycles. The van der Waals surface area contributed by atoms with Crippen molar-refractivity contribution in [1.82, 2.24) is 15.4 Å². The van der Waals surface area contributed by atoms with E-state index in [2.05, 4.69) is 31.3 Å². The molecule has 8 nitrogen and oxygen atoms in total. The molecule has 18 heavy (non-hydrogen) atoms. The first-order chi connectivity index (χ1) is 8.50. The Hall–Kier alpha value is -2.29. The number of nitrogens with one attached hydrogen (secondary N) is 1. The number of hydrogen-bond acceptors (Lipinski definition) is 5. The van der Waals surface area contributed by atoms with Crippen molar-refractivity contribution < 1.29 is 9.72 Å². The monoisotopic (exact) mass is 311 g/mol. The first kappa shape index (κ1) is 12.2. The van der Waals surface area contributed by atoms with Crippen LogP contribution in [0.5, 0.6) is 0 Å². The summed E-state index contributed by atoms with van der Waals surface area (Å²) in [5.41, 5.74) is 5.47. The van der Waals surface area contributed by atoms with Crippen LogP contribution in [0, 0.1) is 10.1 Å². The van der Waals surface area contributed by atoms with Gasteiger partial charge in [0.2, 0.25) is 0 Å². The molecule has 2 aromatic rings. The number of hydrogen-bond donors (Lipinski definition) is 2. The number of carbonyl (C=O) groups excluding carboxylic acids is 1. The fourth-order valence-corrected chi connectivity index (χ4v) is 1.83. The minimum Gasteiger partial charge on any atom is -0.364 e. The fourth-order valence-electron chi connectivity index (χ4n) is 1.40. The zero-order chi connectivity index (χ0) is 13.3. The summed E-state index contributed by atoms with van der Waals surface area (Å²) >= 11 is 3.23. The van der Waals surface area contributed by atoms with Crippen molar-refractivity contribution in [2.75, 3.05) is 0 Å². The van der Waals surface area contributed by atoms with E-state index in [0.717, 1.165) is 0 Å². The summed E-state index contributed by atoms with van der Waals surface area (Å²) in [5.74, 6) is -0.767. The van der Waals surface area contributed by atoms with Gasteiger partial charge in [0.15, 0.2) is 5.69 Å². The molecule has 0 saturated carbocycles. The second-order valence-electron chi connectivity index (χ2n) is 3.31. The van der Waals surface area contributed by atoms with E-state index in [1.807, 2.05) is 0 Å². The van der Waals surface area contributed by atoms with Gasteiger partial charge in [-0.05, 0) is 6.07 Å². The summed E-state index contributed by atoms with van der Waals surface area (Å²) in [6, 6.07) is 4.11. The third-order valence-corrected chi connectivity index (χ3v) is 2.89. The predicted octanol–water partition coefficient (Wildman–Crippen LogP) is 1.24. The Labute approximate surface area is 108 Å². The Morgan fingerprint density at radius 3 is 2.78 bits per heavy atom. The highest BCUT2D eigenvalue weighted by molar-refractivity contribution is 9.10. The Bertz CT molecular complexity index is 639. The number of primary amides is 1. The first-order valence-electron chi connectivity index (χ1n) is 4.65. The number of benzene rings is 1. The van der Waals surface area contributed by atoms with Crippen molar-refractivity contribution in [3.05, 3.63) is 38.5 Å². The van der Waals surface area contributed by atoms with Gasteiger partial charge in [0, 0.05) is 22.2 Å². The van der Waals surface area contributed by atoms with E-state index in [0.29, 0.717) is 10.0 Å². The van der Waals surface area contributed by atoms with Gasteiger partial charge < -0.3 is 5.73 Å². The van der Waals surface area contributed by atoms with Crippen LogP contribution in [-0.2, 0) is 0 Å². The third kappa shape index (κ3) is 2.07. The van der Waals surface area contributed by atoms with Gasteiger partial charge >= 0.3 is 0 Å². The van der Waals surface area contributed by atoms with Crippen LogP contribution in [0.25, 0.3) is 11.3 Å². The maximum absolute atomic E-state index is 11.1. The number of amides is 1. The van der Waals surface area contributed by atoms with E-state index in [1.165, 1.54) is 18.2 Å². The molecule has 0 atom stereocenters. The molecule has 0 aliphatic carbocycles. The predicted molar refractivity (Wildman–Crippen MR) is 64.7 cm³/mol. The van der Waals surface area contributed by atoms with Crippen LogP contribution in [0.4, 0.5) is 5.69 Å². The van der Waals surface area contributed by atoms with Crippen molar-refractivity contribution in [1.29, 1.82) is 0 Å². The van der Waals surface area contributed by atoms with E-state index in [4.69, 9.17) is 5.73 Å². The maximum Gasteiger partial charge on any atom is 0.271 e. The summed E-state index contributed by atoms with van der Waals surface area (Å²) in [6.45, 7) is 0. The quantitative estimate of drug-likeness (QED) is 0.651. The largest absolute Gasteiger partial charge is 0.364 e. The van der Waals surface area contributed by atoms with Crippen molar-refractivity contribution >= 4 is 27.5 Å². The average molecular weight is 312 g/mol. The van der Waals surface area contributed by atoms with E-state index in [1.54, 1.807) is 0 Å². The van der Waals surface area contributed by atoms with Crippen molar-refractivity contribution in [3.63, 3.8) is 0 Å². The summed E-state index contributed by atoms with van der Waals surface area (Å²) in [6.07, 6.45) is 0. The smallest absolute Gasteiger partial charge is 0.271 e. The van der Waals surface area contributed by atoms with Crippen molar-refractivity contribution in [3.8, 4) is 11.3 Å². The molecule has 9 heteroatoms. The number of halogens is 1. The minimum atomic E-state index is -0.767. The van der Waals surface area contributed by atoms with E-state index in [9.17, 15) is 14.9 Å². The minimum absolute atomic E-state index is 0.0730. The van der Waals surface area contributed by atoms with Crippen LogP contribution in [0.3, 0.4) is 0 Å². The number of H-pyrrole nitrogens is 1. The number of nitro groups is 1. The second-order valence-corrected chi connectivity index (χ2v) is 4.16. The number of aromatic nitrogens is 3. The molecular formula is C9H6BrN5O3. The molecule has 92 valence electrons. The third-order valence-electron chi connectivity index (χ3n) is 2.20. The number of rotatable bonds is 3. The topological polar surface area (TPSA) is 128 Å². The Kier molecular flexibility index (Phi) is 3.06. The van der Waals surface area contributed by atoms with Crippen molar-refractivity contribution in [2.45, 2.75) is 0 Å². The maximum atomic E-state index is 11.1. The van der Waals surface area contributed by atoms with Crippen LogP contribution < -0.4 is 5.73 Å². The zero-order valence-corrected chi connectivity index (χ0v) is 10.3. The van der Waals surface area contributed by atoms with Gasteiger partial charge in [-0.25, -0.2) is 0 Å². The lowest BCUT2D eigenvalue weighted by molar-refractivity contribution is -0.384. The molecule has 0 aliphatic heterocycles. The molecule has 2 rings (SSSR count). The van der Waals surface area contributed by atoms with Crippen molar-refractivity contribution in [2.24, 2.45) is 5.73 Å². The van der Waals surface area contributed by atoms with Crippen LogP contribution in [0.15, 0.2) is 22.7 Å². The lowest BCUT2D eigenvalue weighted by atomic mass is 10.1. The van der Waals surface area contributed by atoms with Gasteiger partial charge in [-0.3, -0.25) is 14.9 Å². The molecule has 0 unspecified atom stereocenters. The van der Waals surface area contributed by atoms with Crippen LogP contribution in [-0.4, -0.2) is 26.2 Å². The first-order valence-corrected chi connectivity index (χ1v) is 5.45. The zero-order valence-electron chi connectivity index (χ0n) is 8.75. The van der Waals surface area contributed by atoms with Crippen LogP contribution >= 0.6 is 15.9 Å². The molecular weight excluding hydrogens is 306 g/mol. The summed E-state index contributed by atoms with van der Waals surface area (Å²) in [4.78, 5) is 21.3. The number of nitrogens with zero attached hydrogens (tertiary/aromatic N) is 3. The van der Waals surface area contributed by atoms with Gasteiger partial charge in [-0.1, -0.05) is 15.9 Å².